The smallest absolute Gasteiger partial charge is 0.0469 e. The van der Waals surface area contributed by atoms with Gasteiger partial charge in [-0.15, -0.1) is 0 Å². The number of rotatable bonds is 2. The molecule has 0 aliphatic carbocycles. The number of nitrogens with two attached hydrogens (primary N) is 1. The highest BCUT2D eigenvalue weighted by molar-refractivity contribution is 4.81. The second-order valence-electron chi connectivity index (χ2n) is 5.25. The lowest BCUT2D eigenvalue weighted by Crippen LogP contribution is -2.47. The van der Waals surface area contributed by atoms with Gasteiger partial charge in [-0.25, -0.2) is 0 Å². The molecule has 2 unspecified atom stereocenters. The fourth-order valence-electron chi connectivity index (χ4n) is 2.71. The number of hydrogen-bond donors (Lipinski definition) is 1. The molecule has 2 heterocycles. The standard InChI is InChI=1S/C12H24N2O/c1-10-8-14(5-2-12(10)13)9-11-3-6-15-7-4-11/h10-12H,2-9,13H2,1H3. The molecule has 0 aromatic carbocycles. The highest BCUT2D eigenvalue weighted by Gasteiger charge is 2.25. The fourth-order valence-corrected chi connectivity index (χ4v) is 2.71. The average molecular weight is 212 g/mol. The van der Waals surface area contributed by atoms with Gasteiger partial charge in [-0.1, -0.05) is 6.92 Å². The Kier molecular flexibility index (Phi) is 4.00. The van der Waals surface area contributed by atoms with Crippen molar-refractivity contribution in [3.05, 3.63) is 0 Å². The largest absolute Gasteiger partial charge is 0.381 e. The van der Waals surface area contributed by atoms with Crippen molar-refractivity contribution in [1.82, 2.24) is 4.90 Å². The van der Waals surface area contributed by atoms with E-state index in [0.717, 1.165) is 19.1 Å². The van der Waals surface area contributed by atoms with Gasteiger partial charge in [-0.05, 0) is 37.6 Å². The summed E-state index contributed by atoms with van der Waals surface area (Å²) >= 11 is 0. The summed E-state index contributed by atoms with van der Waals surface area (Å²) in [5, 5.41) is 0. The van der Waals surface area contributed by atoms with E-state index in [0.29, 0.717) is 12.0 Å². The second-order valence-corrected chi connectivity index (χ2v) is 5.25. The van der Waals surface area contributed by atoms with E-state index in [4.69, 9.17) is 10.5 Å². The molecule has 0 aromatic rings. The molecule has 2 fully saturated rings. The third kappa shape index (κ3) is 3.16. The van der Waals surface area contributed by atoms with Crippen LogP contribution in [0.3, 0.4) is 0 Å². The lowest BCUT2D eigenvalue weighted by atomic mass is 9.92. The topological polar surface area (TPSA) is 38.5 Å². The number of ether oxygens (including phenoxy) is 1. The number of nitrogens with zero attached hydrogens (tertiary/aromatic N) is 1. The molecular weight excluding hydrogens is 188 g/mol. The summed E-state index contributed by atoms with van der Waals surface area (Å²) in [7, 11) is 0. The molecule has 0 amide bonds. The predicted octanol–water partition coefficient (Wildman–Crippen LogP) is 1.08. The van der Waals surface area contributed by atoms with Gasteiger partial charge in [-0.2, -0.15) is 0 Å². The highest BCUT2D eigenvalue weighted by Crippen LogP contribution is 2.20. The molecule has 3 heteroatoms. The van der Waals surface area contributed by atoms with E-state index >= 15 is 0 Å². The molecule has 2 atom stereocenters. The van der Waals surface area contributed by atoms with Gasteiger partial charge < -0.3 is 15.4 Å². The summed E-state index contributed by atoms with van der Waals surface area (Å²) in [6.45, 7) is 7.86. The lowest BCUT2D eigenvalue weighted by Gasteiger charge is -2.37. The van der Waals surface area contributed by atoms with Gasteiger partial charge in [0.1, 0.15) is 0 Å². The molecule has 0 spiro atoms. The monoisotopic (exact) mass is 212 g/mol. The van der Waals surface area contributed by atoms with Crippen LogP contribution in [0.1, 0.15) is 26.2 Å². The molecule has 0 radical (unpaired) electrons. The number of hydrogen-bond acceptors (Lipinski definition) is 3. The van der Waals surface area contributed by atoms with Gasteiger partial charge in [-0.3, -0.25) is 0 Å². The maximum absolute atomic E-state index is 6.03. The molecule has 0 aromatic heterocycles. The molecular formula is C12H24N2O. The number of piperidine rings is 1. The van der Waals surface area contributed by atoms with Crippen LogP contribution in [0, 0.1) is 11.8 Å². The van der Waals surface area contributed by atoms with Crippen molar-refractivity contribution in [2.24, 2.45) is 17.6 Å². The Morgan fingerprint density at radius 3 is 2.67 bits per heavy atom. The van der Waals surface area contributed by atoms with Crippen molar-refractivity contribution in [2.75, 3.05) is 32.8 Å². The number of likely N-dealkylation sites (tertiary alicyclic amines) is 1. The van der Waals surface area contributed by atoms with Crippen LogP contribution in [0.5, 0.6) is 0 Å². The van der Waals surface area contributed by atoms with Crippen molar-refractivity contribution < 1.29 is 4.74 Å². The Morgan fingerprint density at radius 1 is 1.27 bits per heavy atom. The van der Waals surface area contributed by atoms with Crippen molar-refractivity contribution in [1.29, 1.82) is 0 Å². The van der Waals surface area contributed by atoms with Crippen LogP contribution in [0.2, 0.25) is 0 Å². The van der Waals surface area contributed by atoms with Gasteiger partial charge in [0.25, 0.3) is 0 Å². The molecule has 88 valence electrons. The molecule has 15 heavy (non-hydrogen) atoms. The zero-order valence-corrected chi connectivity index (χ0v) is 9.82. The molecule has 3 nitrogen and oxygen atoms in total. The third-order valence-electron chi connectivity index (χ3n) is 3.91. The minimum atomic E-state index is 0.427. The zero-order chi connectivity index (χ0) is 10.7. The first-order chi connectivity index (χ1) is 7.25. The maximum Gasteiger partial charge on any atom is 0.0469 e. The van der Waals surface area contributed by atoms with E-state index in [9.17, 15) is 0 Å². The minimum absolute atomic E-state index is 0.427. The predicted molar refractivity (Wildman–Crippen MR) is 61.7 cm³/mol. The van der Waals surface area contributed by atoms with E-state index in [-0.39, 0.29) is 0 Å². The van der Waals surface area contributed by atoms with Gasteiger partial charge in [0, 0.05) is 32.3 Å². The summed E-state index contributed by atoms with van der Waals surface area (Å²) in [6.07, 6.45) is 3.66. The lowest BCUT2D eigenvalue weighted by molar-refractivity contribution is 0.0443. The molecule has 2 saturated heterocycles. The Balaban J connectivity index is 1.74. The van der Waals surface area contributed by atoms with Crippen LogP contribution in [0.15, 0.2) is 0 Å². The summed E-state index contributed by atoms with van der Waals surface area (Å²) in [5.74, 6) is 1.53. The first kappa shape index (κ1) is 11.4. The summed E-state index contributed by atoms with van der Waals surface area (Å²) in [5.41, 5.74) is 6.03. The molecule has 2 rings (SSSR count). The van der Waals surface area contributed by atoms with Crippen molar-refractivity contribution >= 4 is 0 Å². The van der Waals surface area contributed by atoms with Crippen LogP contribution in [-0.2, 0) is 4.74 Å². The van der Waals surface area contributed by atoms with Crippen LogP contribution in [0.4, 0.5) is 0 Å². The van der Waals surface area contributed by atoms with Gasteiger partial charge in [0.05, 0.1) is 0 Å². The fraction of sp³-hybridized carbons (Fsp3) is 1.00. The Morgan fingerprint density at radius 2 is 2.00 bits per heavy atom. The highest BCUT2D eigenvalue weighted by atomic mass is 16.5. The van der Waals surface area contributed by atoms with Crippen LogP contribution in [-0.4, -0.2) is 43.8 Å². The van der Waals surface area contributed by atoms with Crippen molar-refractivity contribution in [3.63, 3.8) is 0 Å². The molecule has 2 N–H and O–H groups in total. The quantitative estimate of drug-likeness (QED) is 0.744. The van der Waals surface area contributed by atoms with E-state index in [2.05, 4.69) is 11.8 Å². The van der Waals surface area contributed by atoms with E-state index in [1.165, 1.54) is 38.9 Å². The summed E-state index contributed by atoms with van der Waals surface area (Å²) < 4.78 is 5.39. The van der Waals surface area contributed by atoms with E-state index < -0.39 is 0 Å². The maximum atomic E-state index is 6.03. The SMILES string of the molecule is CC1CN(CC2CCOCC2)CCC1N. The van der Waals surface area contributed by atoms with Gasteiger partial charge >= 0.3 is 0 Å². The summed E-state index contributed by atoms with van der Waals surface area (Å²) in [6, 6.07) is 0.427. The zero-order valence-electron chi connectivity index (χ0n) is 9.82. The van der Waals surface area contributed by atoms with Crippen LogP contribution < -0.4 is 5.73 Å². The van der Waals surface area contributed by atoms with Crippen molar-refractivity contribution in [3.8, 4) is 0 Å². The second kappa shape index (κ2) is 5.28. The summed E-state index contributed by atoms with van der Waals surface area (Å²) in [4.78, 5) is 2.60. The van der Waals surface area contributed by atoms with Crippen molar-refractivity contribution in [2.45, 2.75) is 32.2 Å². The molecule has 2 aliphatic rings. The molecule has 2 aliphatic heterocycles. The Bertz CT molecular complexity index is 192. The van der Waals surface area contributed by atoms with Gasteiger partial charge in [0.2, 0.25) is 0 Å². The Hall–Kier alpha value is -0.120. The minimum Gasteiger partial charge on any atom is -0.381 e. The Labute approximate surface area is 93.0 Å². The van der Waals surface area contributed by atoms with Crippen LogP contribution in [0.25, 0.3) is 0 Å². The van der Waals surface area contributed by atoms with Crippen LogP contribution >= 0.6 is 0 Å². The molecule has 0 bridgehead atoms. The van der Waals surface area contributed by atoms with E-state index in [1.54, 1.807) is 0 Å². The van der Waals surface area contributed by atoms with E-state index in [1.807, 2.05) is 0 Å². The third-order valence-corrected chi connectivity index (χ3v) is 3.91. The molecule has 0 saturated carbocycles. The normalized spacial score (nSPS) is 35.6. The average Bonchev–Trinajstić information content (AvgIpc) is 2.25. The first-order valence-corrected chi connectivity index (χ1v) is 6.31. The first-order valence-electron chi connectivity index (χ1n) is 6.31. The van der Waals surface area contributed by atoms with Gasteiger partial charge in [0.15, 0.2) is 0 Å².